The number of unbranched alkanes of at least 4 members (excludes halogenated alkanes) is 18. The van der Waals surface area contributed by atoms with Gasteiger partial charge in [0.25, 0.3) is 0 Å². The molecule has 0 aromatic carbocycles. The zero-order valence-corrected chi connectivity index (χ0v) is 26.0. The molecule has 206 valence electrons. The molecule has 0 atom stereocenters. The molecule has 0 rings (SSSR count). The lowest BCUT2D eigenvalue weighted by atomic mass is 10.1. The molecule has 0 heterocycles. The molecule has 34 heavy (non-hydrogen) atoms. The molecule has 0 aromatic rings. The average molecular weight is 499 g/mol. The second-order valence-corrected chi connectivity index (χ2v) is 16.6. The Morgan fingerprint density at radius 3 is 1.09 bits per heavy atom. The number of rotatable bonds is 27. The molecule has 0 aliphatic heterocycles. The standard InChI is InChI=1S/C31H68NOSi/c1-7-9-11-13-15-17-19-21-23-25-28-32(3,30-27-31-34(5,6)33-4)29-26-24-22-20-18-16-14-12-10-8-2/h7-31H2,1-6H3/q+1. The summed E-state index contributed by atoms with van der Waals surface area (Å²) in [5.74, 6) is 0. The SMILES string of the molecule is CCCCCCCCCCCC[N+](C)(CCCCCCCCCCCC)CCC[Si](C)(C)OC. The second kappa shape index (κ2) is 23.5. The molecular formula is C31H68NOSi+. The normalized spacial score (nSPS) is 12.5. The highest BCUT2D eigenvalue weighted by molar-refractivity contribution is 6.71. The van der Waals surface area contributed by atoms with Gasteiger partial charge in [-0.2, -0.15) is 0 Å². The van der Waals surface area contributed by atoms with Crippen LogP contribution >= 0.6 is 0 Å². The summed E-state index contributed by atoms with van der Waals surface area (Å²) < 4.78 is 7.13. The van der Waals surface area contributed by atoms with Gasteiger partial charge in [0.05, 0.1) is 26.7 Å². The van der Waals surface area contributed by atoms with Crippen molar-refractivity contribution >= 4 is 8.32 Å². The summed E-state index contributed by atoms with van der Waals surface area (Å²) in [7, 11) is 3.06. The van der Waals surface area contributed by atoms with Crippen molar-refractivity contribution in [3.05, 3.63) is 0 Å². The van der Waals surface area contributed by atoms with Crippen LogP contribution in [0.5, 0.6) is 0 Å². The van der Waals surface area contributed by atoms with Gasteiger partial charge in [0.1, 0.15) is 0 Å². The second-order valence-electron chi connectivity index (χ2n) is 12.2. The third-order valence-electron chi connectivity index (χ3n) is 8.13. The molecule has 2 nitrogen and oxygen atoms in total. The number of hydrogen-bond acceptors (Lipinski definition) is 1. The monoisotopic (exact) mass is 499 g/mol. The smallest absolute Gasteiger partial charge is 0.186 e. The molecule has 0 radical (unpaired) electrons. The van der Waals surface area contributed by atoms with Crippen LogP contribution in [0.1, 0.15) is 149 Å². The van der Waals surface area contributed by atoms with E-state index in [4.69, 9.17) is 4.43 Å². The van der Waals surface area contributed by atoms with Gasteiger partial charge in [-0.05, 0) is 51.2 Å². The third kappa shape index (κ3) is 22.6. The van der Waals surface area contributed by atoms with Gasteiger partial charge in [-0.25, -0.2) is 0 Å². The molecule has 0 saturated heterocycles. The first kappa shape index (κ1) is 34.1. The summed E-state index contributed by atoms with van der Waals surface area (Å²) >= 11 is 0. The highest BCUT2D eigenvalue weighted by Crippen LogP contribution is 2.19. The van der Waals surface area contributed by atoms with Crippen molar-refractivity contribution < 1.29 is 8.91 Å². The lowest BCUT2D eigenvalue weighted by molar-refractivity contribution is -0.910. The molecule has 0 aliphatic carbocycles. The highest BCUT2D eigenvalue weighted by atomic mass is 28.4. The Bertz CT molecular complexity index is 388. The van der Waals surface area contributed by atoms with Crippen molar-refractivity contribution in [2.75, 3.05) is 33.8 Å². The van der Waals surface area contributed by atoms with E-state index in [1.165, 1.54) is 165 Å². The van der Waals surface area contributed by atoms with E-state index in [-0.39, 0.29) is 0 Å². The van der Waals surface area contributed by atoms with E-state index < -0.39 is 8.32 Å². The summed E-state index contributed by atoms with van der Waals surface area (Å²) in [6, 6.07) is 1.31. The Morgan fingerprint density at radius 2 is 0.765 bits per heavy atom. The fourth-order valence-electron chi connectivity index (χ4n) is 5.29. The summed E-state index contributed by atoms with van der Waals surface area (Å²) in [4.78, 5) is 0. The molecule has 0 spiro atoms. The highest BCUT2D eigenvalue weighted by Gasteiger charge is 2.25. The van der Waals surface area contributed by atoms with E-state index in [2.05, 4.69) is 34.0 Å². The van der Waals surface area contributed by atoms with E-state index in [9.17, 15) is 0 Å². The van der Waals surface area contributed by atoms with E-state index in [0.29, 0.717) is 0 Å². The first-order valence-corrected chi connectivity index (χ1v) is 18.9. The van der Waals surface area contributed by atoms with Crippen LogP contribution < -0.4 is 0 Å². The minimum Gasteiger partial charge on any atom is -0.420 e. The zero-order chi connectivity index (χ0) is 25.4. The summed E-state index contributed by atoms with van der Waals surface area (Å²) in [5, 5.41) is 0. The van der Waals surface area contributed by atoms with E-state index in [1.54, 1.807) is 0 Å². The van der Waals surface area contributed by atoms with Crippen LogP contribution in [0.3, 0.4) is 0 Å². The molecule has 0 unspecified atom stereocenters. The fraction of sp³-hybridized carbons (Fsp3) is 1.00. The van der Waals surface area contributed by atoms with Crippen LogP contribution in [0.2, 0.25) is 19.1 Å². The van der Waals surface area contributed by atoms with Crippen molar-refractivity contribution in [2.24, 2.45) is 0 Å². The van der Waals surface area contributed by atoms with Crippen LogP contribution in [-0.2, 0) is 4.43 Å². The zero-order valence-electron chi connectivity index (χ0n) is 25.0. The van der Waals surface area contributed by atoms with Gasteiger partial charge in [-0.1, -0.05) is 117 Å². The predicted molar refractivity (Wildman–Crippen MR) is 158 cm³/mol. The number of hydrogen-bond donors (Lipinski definition) is 0. The van der Waals surface area contributed by atoms with Crippen molar-refractivity contribution in [3.8, 4) is 0 Å². The summed E-state index contributed by atoms with van der Waals surface area (Å²) in [6.07, 6.45) is 30.2. The van der Waals surface area contributed by atoms with Crippen LogP contribution in [0.25, 0.3) is 0 Å². The Labute approximate surface area is 218 Å². The van der Waals surface area contributed by atoms with Crippen molar-refractivity contribution in [3.63, 3.8) is 0 Å². The maximum atomic E-state index is 5.82. The van der Waals surface area contributed by atoms with E-state index in [0.717, 1.165) is 0 Å². The maximum Gasteiger partial charge on any atom is 0.186 e. The minimum absolute atomic E-state index is 1.31. The van der Waals surface area contributed by atoms with E-state index >= 15 is 0 Å². The number of quaternary nitrogens is 1. The first-order chi connectivity index (χ1) is 16.4. The number of nitrogens with zero attached hydrogens (tertiary/aromatic N) is 1. The van der Waals surface area contributed by atoms with E-state index in [1.807, 2.05) is 7.11 Å². The fourth-order valence-corrected chi connectivity index (χ4v) is 6.50. The topological polar surface area (TPSA) is 9.23 Å². The summed E-state index contributed by atoms with van der Waals surface area (Å²) in [5.41, 5.74) is 0. The predicted octanol–water partition coefficient (Wildman–Crippen LogP) is 10.5. The third-order valence-corrected chi connectivity index (χ3v) is 10.8. The molecule has 0 aliphatic rings. The summed E-state index contributed by atoms with van der Waals surface area (Å²) in [6.45, 7) is 13.5. The molecule has 0 fully saturated rings. The Balaban J connectivity index is 4.11. The van der Waals surface area contributed by atoms with Gasteiger partial charge in [0.15, 0.2) is 8.32 Å². The molecule has 0 saturated carbocycles. The molecule has 0 N–H and O–H groups in total. The first-order valence-electron chi connectivity index (χ1n) is 15.8. The van der Waals surface area contributed by atoms with Crippen LogP contribution in [0, 0.1) is 0 Å². The Hall–Kier alpha value is 0.137. The maximum absolute atomic E-state index is 5.82. The van der Waals surface area contributed by atoms with Gasteiger partial charge in [0, 0.05) is 7.11 Å². The van der Waals surface area contributed by atoms with Gasteiger partial charge < -0.3 is 8.91 Å². The van der Waals surface area contributed by atoms with Crippen LogP contribution in [-0.4, -0.2) is 46.6 Å². The molecular weight excluding hydrogens is 430 g/mol. The Morgan fingerprint density at radius 1 is 0.471 bits per heavy atom. The lowest BCUT2D eigenvalue weighted by Crippen LogP contribution is -2.47. The van der Waals surface area contributed by atoms with Gasteiger partial charge in [0.2, 0.25) is 0 Å². The molecule has 3 heteroatoms. The molecule has 0 amide bonds. The molecule has 0 aromatic heterocycles. The lowest BCUT2D eigenvalue weighted by Gasteiger charge is -2.36. The largest absolute Gasteiger partial charge is 0.420 e. The van der Waals surface area contributed by atoms with Gasteiger partial charge in [-0.3, -0.25) is 0 Å². The average Bonchev–Trinajstić information content (AvgIpc) is 2.81. The van der Waals surface area contributed by atoms with Gasteiger partial charge >= 0.3 is 0 Å². The Kier molecular flexibility index (Phi) is 23.6. The van der Waals surface area contributed by atoms with Crippen molar-refractivity contribution in [1.82, 2.24) is 0 Å². The van der Waals surface area contributed by atoms with Crippen molar-refractivity contribution in [2.45, 2.75) is 168 Å². The van der Waals surface area contributed by atoms with Crippen molar-refractivity contribution in [1.29, 1.82) is 0 Å². The van der Waals surface area contributed by atoms with Crippen LogP contribution in [0.15, 0.2) is 0 Å². The van der Waals surface area contributed by atoms with Crippen LogP contribution in [0.4, 0.5) is 0 Å². The molecule has 0 bridgehead atoms. The minimum atomic E-state index is -1.42. The quantitative estimate of drug-likeness (QED) is 0.0621. The van der Waals surface area contributed by atoms with Gasteiger partial charge in [-0.15, -0.1) is 0 Å².